The molecule has 0 aromatic heterocycles. The summed E-state index contributed by atoms with van der Waals surface area (Å²) in [4.78, 5) is 16.9. The second-order valence-electron chi connectivity index (χ2n) is 6.71. The maximum Gasteiger partial charge on any atom is 0.331 e. The van der Waals surface area contributed by atoms with Crippen LogP contribution in [0.5, 0.6) is 0 Å². The number of carbonyl (C=O) groups is 1. The quantitative estimate of drug-likeness (QED) is 0.564. The molecular formula is C20H21ClFNO2. The van der Waals surface area contributed by atoms with Crippen molar-refractivity contribution in [2.24, 2.45) is 4.99 Å². The molecule has 0 amide bonds. The molecule has 2 rings (SSSR count). The van der Waals surface area contributed by atoms with Crippen LogP contribution in [0.3, 0.4) is 0 Å². The van der Waals surface area contributed by atoms with Crippen molar-refractivity contribution < 1.29 is 13.9 Å². The first-order valence-corrected chi connectivity index (χ1v) is 8.37. The molecule has 2 aromatic carbocycles. The number of benzene rings is 2. The van der Waals surface area contributed by atoms with Crippen LogP contribution in [0.1, 0.15) is 31.9 Å². The van der Waals surface area contributed by atoms with E-state index in [0.717, 1.165) is 11.1 Å². The number of ether oxygens (including phenoxy) is 1. The number of hydrogen-bond donors (Lipinski definition) is 0. The maximum absolute atomic E-state index is 13.1. The van der Waals surface area contributed by atoms with E-state index in [1.165, 1.54) is 12.1 Å². The van der Waals surface area contributed by atoms with Crippen molar-refractivity contribution in [3.05, 3.63) is 70.5 Å². The van der Waals surface area contributed by atoms with Crippen molar-refractivity contribution in [3.8, 4) is 0 Å². The second-order valence-corrected chi connectivity index (χ2v) is 7.15. The van der Waals surface area contributed by atoms with Gasteiger partial charge in [0, 0.05) is 17.7 Å². The molecule has 132 valence electrons. The molecule has 5 heteroatoms. The van der Waals surface area contributed by atoms with Crippen molar-refractivity contribution in [2.75, 3.05) is 0 Å². The zero-order valence-corrected chi connectivity index (χ0v) is 15.3. The average molecular weight is 362 g/mol. The van der Waals surface area contributed by atoms with Crippen LogP contribution in [0.25, 0.3) is 0 Å². The molecule has 0 saturated carbocycles. The Morgan fingerprint density at radius 3 is 2.32 bits per heavy atom. The maximum atomic E-state index is 13.1. The summed E-state index contributed by atoms with van der Waals surface area (Å²) in [6, 6.07) is 12.5. The lowest BCUT2D eigenvalue weighted by molar-refractivity contribution is -0.156. The van der Waals surface area contributed by atoms with E-state index in [1.807, 2.05) is 32.9 Å². The summed E-state index contributed by atoms with van der Waals surface area (Å²) in [5.74, 6) is -0.732. The smallest absolute Gasteiger partial charge is 0.331 e. The Labute approximate surface area is 152 Å². The Morgan fingerprint density at radius 1 is 1.16 bits per heavy atom. The van der Waals surface area contributed by atoms with Crippen molar-refractivity contribution in [1.82, 2.24) is 0 Å². The Kier molecular flexibility index (Phi) is 6.32. The van der Waals surface area contributed by atoms with Crippen LogP contribution in [0.2, 0.25) is 5.02 Å². The molecule has 0 aliphatic carbocycles. The predicted molar refractivity (Wildman–Crippen MR) is 98.8 cm³/mol. The van der Waals surface area contributed by atoms with Gasteiger partial charge >= 0.3 is 5.97 Å². The van der Waals surface area contributed by atoms with E-state index in [1.54, 1.807) is 30.5 Å². The van der Waals surface area contributed by atoms with Gasteiger partial charge in [-0.2, -0.15) is 0 Å². The largest absolute Gasteiger partial charge is 0.458 e. The molecule has 0 N–H and O–H groups in total. The second kappa shape index (κ2) is 8.26. The van der Waals surface area contributed by atoms with E-state index in [0.29, 0.717) is 11.4 Å². The highest BCUT2D eigenvalue weighted by molar-refractivity contribution is 6.30. The van der Waals surface area contributed by atoms with Crippen LogP contribution >= 0.6 is 11.6 Å². The number of rotatable bonds is 5. The first-order valence-electron chi connectivity index (χ1n) is 7.99. The number of hydrogen-bond acceptors (Lipinski definition) is 3. The van der Waals surface area contributed by atoms with E-state index < -0.39 is 17.6 Å². The van der Waals surface area contributed by atoms with Crippen molar-refractivity contribution in [1.29, 1.82) is 0 Å². The zero-order valence-electron chi connectivity index (χ0n) is 14.5. The number of nitrogens with zero attached hydrogens (tertiary/aromatic N) is 1. The van der Waals surface area contributed by atoms with Gasteiger partial charge in [0.25, 0.3) is 0 Å². The van der Waals surface area contributed by atoms with E-state index >= 15 is 0 Å². The fourth-order valence-electron chi connectivity index (χ4n) is 2.14. The van der Waals surface area contributed by atoms with Gasteiger partial charge < -0.3 is 4.74 Å². The highest BCUT2D eigenvalue weighted by Gasteiger charge is 2.24. The van der Waals surface area contributed by atoms with Crippen LogP contribution in [0, 0.1) is 5.82 Å². The number of carbonyl (C=O) groups excluding carboxylic acids is 1. The molecule has 0 bridgehead atoms. The van der Waals surface area contributed by atoms with Gasteiger partial charge in [0.05, 0.1) is 0 Å². The van der Waals surface area contributed by atoms with Gasteiger partial charge in [-0.1, -0.05) is 35.9 Å². The van der Waals surface area contributed by atoms with Crippen LogP contribution < -0.4 is 0 Å². The summed E-state index contributed by atoms with van der Waals surface area (Å²) in [5.41, 5.74) is 1.04. The summed E-state index contributed by atoms with van der Waals surface area (Å²) < 4.78 is 18.5. The fourth-order valence-corrected chi connectivity index (χ4v) is 2.26. The summed E-state index contributed by atoms with van der Waals surface area (Å²) in [6.07, 6.45) is 1.95. The molecule has 0 aliphatic heterocycles. The summed E-state index contributed by atoms with van der Waals surface area (Å²) in [7, 11) is 0. The minimum Gasteiger partial charge on any atom is -0.458 e. The van der Waals surface area contributed by atoms with Gasteiger partial charge in [-0.25, -0.2) is 9.18 Å². The minimum absolute atomic E-state index is 0.317. The van der Waals surface area contributed by atoms with Crippen LogP contribution in [0.15, 0.2) is 53.5 Å². The molecule has 3 nitrogen and oxygen atoms in total. The Bertz CT molecular complexity index is 734. The molecule has 0 radical (unpaired) electrons. The lowest BCUT2D eigenvalue weighted by atomic mass is 10.1. The molecule has 0 fully saturated rings. The molecular weight excluding hydrogens is 341 g/mol. The first kappa shape index (κ1) is 19.1. The van der Waals surface area contributed by atoms with Gasteiger partial charge in [0.15, 0.2) is 6.04 Å². The third-order valence-corrected chi connectivity index (χ3v) is 3.55. The van der Waals surface area contributed by atoms with Gasteiger partial charge in [0.1, 0.15) is 11.4 Å². The van der Waals surface area contributed by atoms with Crippen LogP contribution in [0.4, 0.5) is 4.39 Å². The Morgan fingerprint density at radius 2 is 1.76 bits per heavy atom. The van der Waals surface area contributed by atoms with E-state index in [-0.39, 0.29) is 5.82 Å². The zero-order chi connectivity index (χ0) is 18.4. The Balaban J connectivity index is 2.19. The van der Waals surface area contributed by atoms with Crippen LogP contribution in [-0.4, -0.2) is 23.8 Å². The topological polar surface area (TPSA) is 38.7 Å². The summed E-state index contributed by atoms with van der Waals surface area (Å²) in [5, 5.41) is 0.632. The molecule has 2 aromatic rings. The third-order valence-electron chi connectivity index (χ3n) is 3.29. The summed E-state index contributed by atoms with van der Waals surface area (Å²) in [6.45, 7) is 5.42. The van der Waals surface area contributed by atoms with Crippen molar-refractivity contribution in [3.63, 3.8) is 0 Å². The normalized spacial score (nSPS) is 13.0. The number of esters is 1. The van der Waals surface area contributed by atoms with Gasteiger partial charge in [0.2, 0.25) is 0 Å². The van der Waals surface area contributed by atoms with Crippen molar-refractivity contribution in [2.45, 2.75) is 38.8 Å². The number of aliphatic imine (C=N–C) groups is 1. The predicted octanol–water partition coefficient (Wildman–Crippen LogP) is 4.85. The molecule has 0 unspecified atom stereocenters. The monoisotopic (exact) mass is 361 g/mol. The molecule has 0 saturated heterocycles. The van der Waals surface area contributed by atoms with Gasteiger partial charge in [-0.15, -0.1) is 0 Å². The summed E-state index contributed by atoms with van der Waals surface area (Å²) >= 11 is 5.87. The van der Waals surface area contributed by atoms with Crippen LogP contribution in [-0.2, 0) is 16.0 Å². The molecule has 0 heterocycles. The lowest BCUT2D eigenvalue weighted by Crippen LogP contribution is -2.32. The van der Waals surface area contributed by atoms with E-state index in [2.05, 4.69) is 4.99 Å². The third kappa shape index (κ3) is 6.67. The van der Waals surface area contributed by atoms with Crippen molar-refractivity contribution >= 4 is 23.8 Å². The standard InChI is InChI=1S/C20H21ClFNO2/c1-20(2,3)25-19(24)18(12-14-6-10-17(22)11-7-14)23-13-15-4-8-16(21)9-5-15/h4-11,13,18H,12H2,1-3H3/t18-/m0/s1. The average Bonchev–Trinajstić information content (AvgIpc) is 2.53. The molecule has 0 aliphatic rings. The van der Waals surface area contributed by atoms with Gasteiger partial charge in [-0.05, 0) is 56.2 Å². The highest BCUT2D eigenvalue weighted by Crippen LogP contribution is 2.15. The molecule has 0 spiro atoms. The SMILES string of the molecule is CC(C)(C)OC(=O)[C@H](Cc1ccc(F)cc1)N=Cc1ccc(Cl)cc1. The van der Waals surface area contributed by atoms with E-state index in [4.69, 9.17) is 16.3 Å². The lowest BCUT2D eigenvalue weighted by Gasteiger charge is -2.22. The van der Waals surface area contributed by atoms with Gasteiger partial charge in [-0.3, -0.25) is 4.99 Å². The molecule has 1 atom stereocenters. The fraction of sp³-hybridized carbons (Fsp3) is 0.300. The number of halogens is 2. The first-order chi connectivity index (χ1) is 11.7. The molecule has 25 heavy (non-hydrogen) atoms. The highest BCUT2D eigenvalue weighted by atomic mass is 35.5. The minimum atomic E-state index is -0.708. The van der Waals surface area contributed by atoms with E-state index in [9.17, 15) is 9.18 Å². The Hall–Kier alpha value is -2.20.